The van der Waals surface area contributed by atoms with Crippen molar-refractivity contribution in [3.05, 3.63) is 65.7 Å². The van der Waals surface area contributed by atoms with E-state index in [-0.39, 0.29) is 0 Å². The van der Waals surface area contributed by atoms with Crippen LogP contribution in [0.15, 0.2) is 54.6 Å². The van der Waals surface area contributed by atoms with E-state index in [0.29, 0.717) is 5.56 Å². The second-order valence-corrected chi connectivity index (χ2v) is 4.12. The summed E-state index contributed by atoms with van der Waals surface area (Å²) < 4.78 is 0. The summed E-state index contributed by atoms with van der Waals surface area (Å²) in [6.07, 6.45) is 2.85. The number of hydrogen-bond acceptors (Lipinski definition) is 3. The molecule has 0 radical (unpaired) electrons. The van der Waals surface area contributed by atoms with Gasteiger partial charge in [0.25, 0.3) is 5.91 Å². The van der Waals surface area contributed by atoms with Gasteiger partial charge in [-0.05, 0) is 34.9 Å². The minimum absolute atomic E-state index is 0.568. The summed E-state index contributed by atoms with van der Waals surface area (Å²) in [7, 11) is 0. The highest BCUT2D eigenvalue weighted by Gasteiger charge is 1.98. The number of carbonyl (C=O) groups excluding carboxylic acids is 1. The summed E-state index contributed by atoms with van der Waals surface area (Å²) in [5.41, 5.74) is 5.06. The second-order valence-electron chi connectivity index (χ2n) is 4.12. The van der Waals surface area contributed by atoms with Gasteiger partial charge in [-0.15, -0.1) is 0 Å². The molecule has 2 N–H and O–H groups in total. The minimum atomic E-state index is -0.568. The van der Waals surface area contributed by atoms with Crippen LogP contribution in [-0.4, -0.2) is 11.1 Å². The van der Waals surface area contributed by atoms with Gasteiger partial charge < -0.3 is 0 Å². The van der Waals surface area contributed by atoms with Crippen LogP contribution in [0.25, 0.3) is 17.2 Å². The maximum Gasteiger partial charge on any atom is 0.267 e. The smallest absolute Gasteiger partial charge is 0.267 e. The Hall–Kier alpha value is -2.90. The van der Waals surface area contributed by atoms with E-state index < -0.39 is 5.91 Å². The number of nitrogens with one attached hydrogen (secondary N) is 1. The van der Waals surface area contributed by atoms with Crippen LogP contribution in [0, 0.1) is 11.3 Å². The topological polar surface area (TPSA) is 73.1 Å². The minimum Gasteiger partial charge on any atom is -0.288 e. The molecule has 4 heteroatoms. The molecule has 2 rings (SSSR count). The van der Waals surface area contributed by atoms with Crippen LogP contribution >= 0.6 is 0 Å². The van der Waals surface area contributed by atoms with Crippen LogP contribution in [0.2, 0.25) is 0 Å². The van der Waals surface area contributed by atoms with Gasteiger partial charge in [0, 0.05) is 6.08 Å². The van der Waals surface area contributed by atoms with Gasteiger partial charge in [-0.2, -0.15) is 5.26 Å². The van der Waals surface area contributed by atoms with E-state index in [1.54, 1.807) is 18.2 Å². The summed E-state index contributed by atoms with van der Waals surface area (Å²) in [4.78, 5) is 10.9. The van der Waals surface area contributed by atoms with Crippen LogP contribution in [0.3, 0.4) is 0 Å². The average Bonchev–Trinajstić information content (AvgIpc) is 2.53. The number of amides is 1. The molecule has 4 nitrogen and oxygen atoms in total. The number of nitrogens with zero attached hydrogens (tertiary/aromatic N) is 1. The molecule has 2 aromatic carbocycles. The molecule has 0 atom stereocenters. The Kier molecular flexibility index (Phi) is 4.28. The van der Waals surface area contributed by atoms with Gasteiger partial charge in [-0.3, -0.25) is 10.0 Å². The SMILES string of the molecule is N#Cc1ccc(-c2ccc(C=CC(=O)NO)cc2)cc1. The predicted molar refractivity (Wildman–Crippen MR) is 75.6 cm³/mol. The lowest BCUT2D eigenvalue weighted by molar-refractivity contribution is -0.124. The Bertz CT molecular complexity index is 665. The fourth-order valence-electron chi connectivity index (χ4n) is 1.73. The fourth-order valence-corrected chi connectivity index (χ4v) is 1.73. The lowest BCUT2D eigenvalue weighted by atomic mass is 10.0. The van der Waals surface area contributed by atoms with Crippen molar-refractivity contribution in [2.75, 3.05) is 0 Å². The highest BCUT2D eigenvalue weighted by atomic mass is 16.5. The Morgan fingerprint density at radius 3 is 2.10 bits per heavy atom. The van der Waals surface area contributed by atoms with Crippen molar-refractivity contribution >= 4 is 12.0 Å². The number of carbonyl (C=O) groups is 1. The van der Waals surface area contributed by atoms with Crippen LogP contribution in [0.4, 0.5) is 0 Å². The lowest BCUT2D eigenvalue weighted by Gasteiger charge is -2.02. The van der Waals surface area contributed by atoms with E-state index in [1.807, 2.05) is 36.4 Å². The number of hydroxylamine groups is 1. The van der Waals surface area contributed by atoms with E-state index in [2.05, 4.69) is 6.07 Å². The third-order valence-corrected chi connectivity index (χ3v) is 2.80. The maximum absolute atomic E-state index is 10.9. The summed E-state index contributed by atoms with van der Waals surface area (Å²) in [6.45, 7) is 0. The zero-order valence-corrected chi connectivity index (χ0v) is 10.6. The van der Waals surface area contributed by atoms with Gasteiger partial charge in [0.1, 0.15) is 0 Å². The Labute approximate surface area is 116 Å². The Morgan fingerprint density at radius 2 is 1.60 bits per heavy atom. The molecule has 0 fully saturated rings. The van der Waals surface area contributed by atoms with Gasteiger partial charge in [0.15, 0.2) is 0 Å². The summed E-state index contributed by atoms with van der Waals surface area (Å²) in [5, 5.41) is 17.1. The largest absolute Gasteiger partial charge is 0.288 e. The van der Waals surface area contributed by atoms with E-state index >= 15 is 0 Å². The number of benzene rings is 2. The first-order valence-electron chi connectivity index (χ1n) is 5.95. The van der Waals surface area contributed by atoms with E-state index in [4.69, 9.17) is 10.5 Å². The van der Waals surface area contributed by atoms with E-state index in [1.165, 1.54) is 11.6 Å². The second kappa shape index (κ2) is 6.32. The zero-order valence-electron chi connectivity index (χ0n) is 10.6. The molecule has 98 valence electrons. The first kappa shape index (κ1) is 13.5. The number of hydrogen-bond donors (Lipinski definition) is 2. The first-order valence-corrected chi connectivity index (χ1v) is 5.95. The molecule has 0 aliphatic carbocycles. The molecule has 0 aliphatic rings. The van der Waals surface area contributed by atoms with Crippen molar-refractivity contribution in [1.82, 2.24) is 5.48 Å². The highest BCUT2D eigenvalue weighted by Crippen LogP contribution is 2.20. The standard InChI is InChI=1S/C16H12N2O2/c17-11-13-3-8-15(9-4-13)14-6-1-12(2-7-14)5-10-16(19)18-20/h1-10,20H,(H,18,19). The molecule has 0 saturated carbocycles. The molecule has 0 unspecified atom stereocenters. The monoisotopic (exact) mass is 264 g/mol. The molecule has 0 spiro atoms. The third-order valence-electron chi connectivity index (χ3n) is 2.80. The molecule has 0 heterocycles. The normalized spacial score (nSPS) is 10.2. The first-order chi connectivity index (χ1) is 9.72. The van der Waals surface area contributed by atoms with Crippen molar-refractivity contribution in [2.45, 2.75) is 0 Å². The van der Waals surface area contributed by atoms with Crippen LogP contribution in [0.5, 0.6) is 0 Å². The summed E-state index contributed by atoms with van der Waals surface area (Å²) >= 11 is 0. The molecule has 20 heavy (non-hydrogen) atoms. The molecule has 0 aliphatic heterocycles. The molecule has 1 amide bonds. The third kappa shape index (κ3) is 3.31. The van der Waals surface area contributed by atoms with Crippen molar-refractivity contribution in [3.63, 3.8) is 0 Å². The van der Waals surface area contributed by atoms with Crippen LogP contribution in [-0.2, 0) is 4.79 Å². The molecule has 0 saturated heterocycles. The van der Waals surface area contributed by atoms with Crippen LogP contribution in [0.1, 0.15) is 11.1 Å². The molecular formula is C16H12N2O2. The van der Waals surface area contributed by atoms with Crippen molar-refractivity contribution < 1.29 is 10.0 Å². The highest BCUT2D eigenvalue weighted by molar-refractivity contribution is 5.90. The van der Waals surface area contributed by atoms with Gasteiger partial charge >= 0.3 is 0 Å². The number of rotatable bonds is 3. The quantitative estimate of drug-likeness (QED) is 0.508. The summed E-state index contributed by atoms with van der Waals surface area (Å²) in [6, 6.07) is 17.0. The van der Waals surface area contributed by atoms with Crippen LogP contribution < -0.4 is 5.48 Å². The summed E-state index contributed by atoms with van der Waals surface area (Å²) in [5.74, 6) is -0.568. The van der Waals surface area contributed by atoms with Gasteiger partial charge in [0.05, 0.1) is 11.6 Å². The molecule has 2 aromatic rings. The van der Waals surface area contributed by atoms with Crippen molar-refractivity contribution in [3.8, 4) is 17.2 Å². The van der Waals surface area contributed by atoms with Gasteiger partial charge in [-0.25, -0.2) is 5.48 Å². The van der Waals surface area contributed by atoms with Gasteiger partial charge in [-0.1, -0.05) is 36.4 Å². The fraction of sp³-hybridized carbons (Fsp3) is 0. The van der Waals surface area contributed by atoms with Crippen molar-refractivity contribution in [1.29, 1.82) is 5.26 Å². The Balaban J connectivity index is 2.17. The van der Waals surface area contributed by atoms with E-state index in [0.717, 1.165) is 16.7 Å². The zero-order chi connectivity index (χ0) is 14.4. The van der Waals surface area contributed by atoms with E-state index in [9.17, 15) is 4.79 Å². The predicted octanol–water partition coefficient (Wildman–Crippen LogP) is 2.74. The van der Waals surface area contributed by atoms with Gasteiger partial charge in [0.2, 0.25) is 0 Å². The molecule has 0 aromatic heterocycles. The lowest BCUT2D eigenvalue weighted by Crippen LogP contribution is -2.14. The average molecular weight is 264 g/mol. The Morgan fingerprint density at radius 1 is 1.05 bits per heavy atom. The van der Waals surface area contributed by atoms with Crippen molar-refractivity contribution in [2.24, 2.45) is 0 Å². The maximum atomic E-state index is 10.9. The molecular weight excluding hydrogens is 252 g/mol. The number of nitriles is 1. The molecule has 0 bridgehead atoms.